The molecule has 0 saturated heterocycles. The number of amides is 1. The maximum Gasteiger partial charge on any atom is 0.416 e. The summed E-state index contributed by atoms with van der Waals surface area (Å²) >= 11 is 0. The summed E-state index contributed by atoms with van der Waals surface area (Å²) in [6.45, 7) is 1.68. The predicted molar refractivity (Wildman–Crippen MR) is 114 cm³/mol. The van der Waals surface area contributed by atoms with Crippen molar-refractivity contribution in [2.75, 3.05) is 23.4 Å². The Labute approximate surface area is 182 Å². The molecule has 0 saturated carbocycles. The molecule has 166 valence electrons. The second-order valence-electron chi connectivity index (χ2n) is 6.65. The number of anilines is 3. The average Bonchev–Trinajstić information content (AvgIpc) is 2.79. The van der Waals surface area contributed by atoms with Gasteiger partial charge in [0.15, 0.2) is 6.61 Å². The van der Waals surface area contributed by atoms with E-state index in [-0.39, 0.29) is 17.1 Å². The fourth-order valence-corrected chi connectivity index (χ4v) is 2.97. The first-order valence-electron chi connectivity index (χ1n) is 9.71. The lowest BCUT2D eigenvalue weighted by Gasteiger charge is -2.21. The van der Waals surface area contributed by atoms with Crippen molar-refractivity contribution in [3.8, 4) is 0 Å². The van der Waals surface area contributed by atoms with Gasteiger partial charge in [0.05, 0.1) is 5.56 Å². The summed E-state index contributed by atoms with van der Waals surface area (Å²) < 4.78 is 44.0. The molecule has 0 atom stereocenters. The summed E-state index contributed by atoms with van der Waals surface area (Å²) in [5, 5.41) is 2.71. The Hall–Kier alpha value is -3.88. The summed E-state index contributed by atoms with van der Waals surface area (Å²) in [6, 6.07) is 16.3. The molecule has 0 aliphatic carbocycles. The molecule has 0 bridgehead atoms. The van der Waals surface area contributed by atoms with Crippen LogP contribution in [0.1, 0.15) is 22.8 Å². The normalized spacial score (nSPS) is 11.0. The molecule has 6 nitrogen and oxygen atoms in total. The van der Waals surface area contributed by atoms with E-state index >= 15 is 0 Å². The maximum absolute atomic E-state index is 13.0. The number of likely N-dealkylation sites (N-methyl/N-ethyl adjacent to an activating group) is 1. The topological polar surface area (TPSA) is 71.5 Å². The van der Waals surface area contributed by atoms with Crippen molar-refractivity contribution < 1.29 is 27.5 Å². The first-order chi connectivity index (χ1) is 15.3. The molecular weight excluding hydrogens is 423 g/mol. The van der Waals surface area contributed by atoms with Crippen LogP contribution in [0.4, 0.5) is 30.4 Å². The van der Waals surface area contributed by atoms with Crippen molar-refractivity contribution in [3.05, 3.63) is 84.1 Å². The molecule has 0 fully saturated rings. The quantitative estimate of drug-likeness (QED) is 0.517. The number of hydrogen-bond acceptors (Lipinski definition) is 5. The highest BCUT2D eigenvalue weighted by Gasteiger charge is 2.30. The van der Waals surface area contributed by atoms with Crippen molar-refractivity contribution in [1.29, 1.82) is 0 Å². The minimum atomic E-state index is -4.51. The Kier molecular flexibility index (Phi) is 7.09. The summed E-state index contributed by atoms with van der Waals surface area (Å²) in [5.74, 6) is -1.23. The van der Waals surface area contributed by atoms with Crippen LogP contribution in [0.15, 0.2) is 72.9 Å². The summed E-state index contributed by atoms with van der Waals surface area (Å²) in [7, 11) is 0. The van der Waals surface area contributed by atoms with Crippen LogP contribution in [0, 0.1) is 0 Å². The van der Waals surface area contributed by atoms with Crippen LogP contribution >= 0.6 is 0 Å². The number of carbonyl (C=O) groups is 2. The van der Waals surface area contributed by atoms with Crippen molar-refractivity contribution >= 4 is 29.1 Å². The fraction of sp³-hybridized carbons (Fsp3) is 0.174. The van der Waals surface area contributed by atoms with Gasteiger partial charge in [-0.25, -0.2) is 9.78 Å². The number of para-hydroxylation sites is 1. The molecule has 1 heterocycles. The van der Waals surface area contributed by atoms with Gasteiger partial charge in [-0.1, -0.05) is 24.3 Å². The van der Waals surface area contributed by atoms with Crippen molar-refractivity contribution in [1.82, 2.24) is 4.98 Å². The van der Waals surface area contributed by atoms with Gasteiger partial charge in [-0.2, -0.15) is 13.2 Å². The Morgan fingerprint density at radius 3 is 2.47 bits per heavy atom. The lowest BCUT2D eigenvalue weighted by Crippen LogP contribution is -2.34. The van der Waals surface area contributed by atoms with Crippen LogP contribution in [0.25, 0.3) is 0 Å². The number of benzene rings is 2. The van der Waals surface area contributed by atoms with Crippen LogP contribution in [0.2, 0.25) is 0 Å². The van der Waals surface area contributed by atoms with E-state index in [4.69, 9.17) is 4.74 Å². The molecule has 32 heavy (non-hydrogen) atoms. The number of pyridine rings is 1. The highest BCUT2D eigenvalue weighted by Crippen LogP contribution is 2.31. The van der Waals surface area contributed by atoms with Gasteiger partial charge in [-0.05, 0) is 49.4 Å². The third kappa shape index (κ3) is 5.63. The highest BCUT2D eigenvalue weighted by molar-refractivity contribution is 5.99. The Balaban J connectivity index is 1.71. The predicted octanol–water partition coefficient (Wildman–Crippen LogP) is 5.05. The van der Waals surface area contributed by atoms with Crippen molar-refractivity contribution in [2.24, 2.45) is 0 Å². The van der Waals surface area contributed by atoms with Crippen LogP contribution in [0.5, 0.6) is 0 Å². The highest BCUT2D eigenvalue weighted by atomic mass is 19.4. The summed E-state index contributed by atoms with van der Waals surface area (Å²) in [6.07, 6.45) is -3.13. The number of carbonyl (C=O) groups excluding carboxylic acids is 2. The molecule has 1 N–H and O–H groups in total. The van der Waals surface area contributed by atoms with E-state index in [9.17, 15) is 22.8 Å². The average molecular weight is 443 g/mol. The molecular formula is C23H20F3N3O3. The van der Waals surface area contributed by atoms with Gasteiger partial charge in [0.2, 0.25) is 0 Å². The number of halogens is 3. The second kappa shape index (κ2) is 9.95. The zero-order chi connectivity index (χ0) is 23.1. The van der Waals surface area contributed by atoms with E-state index in [0.717, 1.165) is 12.1 Å². The lowest BCUT2D eigenvalue weighted by atomic mass is 10.2. The molecule has 3 aromatic rings. The monoisotopic (exact) mass is 443 g/mol. The first-order valence-corrected chi connectivity index (χ1v) is 9.71. The van der Waals surface area contributed by atoms with Gasteiger partial charge in [0, 0.05) is 24.1 Å². The van der Waals surface area contributed by atoms with Gasteiger partial charge in [-0.3, -0.25) is 4.79 Å². The first kappa shape index (κ1) is 22.8. The minimum Gasteiger partial charge on any atom is -0.452 e. The number of nitrogens with one attached hydrogen (secondary N) is 1. The number of esters is 1. The zero-order valence-corrected chi connectivity index (χ0v) is 17.1. The van der Waals surface area contributed by atoms with E-state index in [2.05, 4.69) is 10.3 Å². The number of alkyl halides is 3. The van der Waals surface area contributed by atoms with E-state index < -0.39 is 30.2 Å². The molecule has 1 aromatic heterocycles. The Morgan fingerprint density at radius 2 is 1.78 bits per heavy atom. The van der Waals surface area contributed by atoms with E-state index in [1.54, 1.807) is 31.2 Å². The smallest absolute Gasteiger partial charge is 0.416 e. The Morgan fingerprint density at radius 1 is 1.03 bits per heavy atom. The third-order valence-electron chi connectivity index (χ3n) is 4.49. The van der Waals surface area contributed by atoms with E-state index in [1.807, 2.05) is 6.07 Å². The molecule has 0 spiro atoms. The fourth-order valence-electron chi connectivity index (χ4n) is 2.97. The van der Waals surface area contributed by atoms with E-state index in [0.29, 0.717) is 12.2 Å². The molecule has 3 rings (SSSR count). The van der Waals surface area contributed by atoms with Gasteiger partial charge < -0.3 is 15.0 Å². The molecule has 9 heteroatoms. The van der Waals surface area contributed by atoms with Gasteiger partial charge in [-0.15, -0.1) is 0 Å². The van der Waals surface area contributed by atoms with Crippen LogP contribution < -0.4 is 10.2 Å². The number of nitrogens with zero attached hydrogens (tertiary/aromatic N) is 2. The van der Waals surface area contributed by atoms with Gasteiger partial charge >= 0.3 is 12.1 Å². The van der Waals surface area contributed by atoms with Crippen LogP contribution in [-0.4, -0.2) is 30.0 Å². The molecule has 0 unspecified atom stereocenters. The Bertz CT molecular complexity index is 1090. The molecule has 0 radical (unpaired) electrons. The van der Waals surface area contributed by atoms with Gasteiger partial charge in [0.1, 0.15) is 11.4 Å². The van der Waals surface area contributed by atoms with Crippen molar-refractivity contribution in [3.63, 3.8) is 0 Å². The standard InChI is InChI=1S/C23H20F3N3O3/c1-2-29(18-10-4-3-5-11-18)20(30)15-32-22(31)19-12-7-13-27-21(19)28-17-9-6-8-16(14-17)23(24,25)26/h3-14H,2,15H2,1H3,(H,27,28). The molecule has 0 aliphatic rings. The number of ether oxygens (including phenoxy) is 1. The van der Waals surface area contributed by atoms with Crippen LogP contribution in [-0.2, 0) is 15.7 Å². The number of aromatic nitrogens is 1. The zero-order valence-electron chi connectivity index (χ0n) is 17.1. The van der Waals surface area contributed by atoms with Gasteiger partial charge in [0.25, 0.3) is 5.91 Å². The van der Waals surface area contributed by atoms with Crippen molar-refractivity contribution in [2.45, 2.75) is 13.1 Å². The largest absolute Gasteiger partial charge is 0.452 e. The SMILES string of the molecule is CCN(C(=O)COC(=O)c1cccnc1Nc1cccc(C(F)(F)F)c1)c1ccccc1. The van der Waals surface area contributed by atoms with Crippen LogP contribution in [0.3, 0.4) is 0 Å². The number of rotatable bonds is 7. The summed E-state index contributed by atoms with van der Waals surface area (Å²) in [4.78, 5) is 30.6. The lowest BCUT2D eigenvalue weighted by molar-refractivity contribution is -0.137. The minimum absolute atomic E-state index is 0.0135. The maximum atomic E-state index is 13.0. The second-order valence-corrected chi connectivity index (χ2v) is 6.65. The molecule has 0 aliphatic heterocycles. The number of hydrogen-bond donors (Lipinski definition) is 1. The van der Waals surface area contributed by atoms with E-state index in [1.165, 1.54) is 35.4 Å². The summed E-state index contributed by atoms with van der Waals surface area (Å²) in [5.41, 5.74) is -0.0802. The molecule has 2 aromatic carbocycles. The third-order valence-corrected chi connectivity index (χ3v) is 4.49. The molecule has 1 amide bonds.